The molecule has 0 spiro atoms. The molecule has 32 heavy (non-hydrogen) atoms. The first kappa shape index (κ1) is 24.8. The van der Waals surface area contributed by atoms with Crippen molar-refractivity contribution in [3.05, 3.63) is 59.2 Å². The van der Waals surface area contributed by atoms with Crippen LogP contribution >= 0.6 is 0 Å². The Labute approximate surface area is 187 Å². The molecule has 2 aliphatic heterocycles. The van der Waals surface area contributed by atoms with Gasteiger partial charge in [-0.05, 0) is 43.9 Å². The van der Waals surface area contributed by atoms with Crippen LogP contribution in [0.1, 0.15) is 71.9 Å². The average Bonchev–Trinajstić information content (AvgIpc) is 2.80. The topological polar surface area (TPSA) is 105 Å². The molecule has 8 nitrogen and oxygen atoms in total. The number of carbonyl (C=O) groups excluding carboxylic acids is 4. The first-order valence-electron chi connectivity index (χ1n) is 10.5. The quantitative estimate of drug-likeness (QED) is 0.338. The van der Waals surface area contributed by atoms with Gasteiger partial charge in [0, 0.05) is 16.7 Å². The van der Waals surface area contributed by atoms with Gasteiger partial charge in [-0.25, -0.2) is 19.2 Å². The van der Waals surface area contributed by atoms with Crippen LogP contribution in [0.4, 0.5) is 0 Å². The maximum absolute atomic E-state index is 12.7. The second kappa shape index (κ2) is 11.8. The Bertz CT molecular complexity index is 915. The second-order valence-electron chi connectivity index (χ2n) is 7.19. The number of esters is 4. The number of rotatable bonds is 8. The van der Waals surface area contributed by atoms with Gasteiger partial charge in [0.05, 0.1) is 24.3 Å². The zero-order valence-corrected chi connectivity index (χ0v) is 18.4. The summed E-state index contributed by atoms with van der Waals surface area (Å²) in [6.07, 6.45) is 0.625. The third-order valence-corrected chi connectivity index (χ3v) is 4.91. The molecule has 0 radical (unpaired) electrons. The van der Waals surface area contributed by atoms with Gasteiger partial charge in [-0.2, -0.15) is 0 Å². The van der Waals surface area contributed by atoms with Gasteiger partial charge in [-0.15, -0.1) is 0 Å². The Morgan fingerprint density at radius 2 is 1.56 bits per heavy atom. The maximum atomic E-state index is 12.7. The normalized spacial score (nSPS) is 14.8. The summed E-state index contributed by atoms with van der Waals surface area (Å²) in [4.78, 5) is 49.7. The van der Waals surface area contributed by atoms with E-state index in [4.69, 9.17) is 18.9 Å². The number of hydrogen-bond acceptors (Lipinski definition) is 8. The van der Waals surface area contributed by atoms with Crippen molar-refractivity contribution in [3.63, 3.8) is 0 Å². The van der Waals surface area contributed by atoms with Crippen molar-refractivity contribution in [3.8, 4) is 0 Å². The highest BCUT2D eigenvalue weighted by atomic mass is 16.6. The summed E-state index contributed by atoms with van der Waals surface area (Å²) in [5.41, 5.74) is 0.863. The van der Waals surface area contributed by atoms with Crippen LogP contribution in [0.5, 0.6) is 0 Å². The van der Waals surface area contributed by atoms with E-state index in [1.807, 2.05) is 0 Å². The van der Waals surface area contributed by atoms with Crippen LogP contribution in [0.15, 0.2) is 42.5 Å². The SMILES string of the molecule is C=C(CC)C(=O)OCC(OC(=O)C(=C)CC)c1cc2ccc1C(=O)OCCCCOC2=O. The molecule has 0 saturated heterocycles. The molecule has 0 aromatic heterocycles. The Hall–Kier alpha value is -3.42. The lowest BCUT2D eigenvalue weighted by molar-refractivity contribution is -0.154. The van der Waals surface area contributed by atoms with Crippen LogP contribution in [-0.2, 0) is 28.5 Å². The summed E-state index contributed by atoms with van der Waals surface area (Å²) in [6.45, 7) is 10.7. The molecule has 3 rings (SSSR count). The second-order valence-corrected chi connectivity index (χ2v) is 7.19. The van der Waals surface area contributed by atoms with Crippen LogP contribution < -0.4 is 0 Å². The molecule has 8 heteroatoms. The van der Waals surface area contributed by atoms with Gasteiger partial charge in [0.25, 0.3) is 0 Å². The molecule has 0 fully saturated rings. The number of benzene rings is 1. The molecule has 0 saturated carbocycles. The van der Waals surface area contributed by atoms with Crippen LogP contribution in [-0.4, -0.2) is 43.7 Å². The van der Waals surface area contributed by atoms with E-state index in [0.717, 1.165) is 0 Å². The smallest absolute Gasteiger partial charge is 0.338 e. The van der Waals surface area contributed by atoms with Crippen molar-refractivity contribution >= 4 is 23.9 Å². The van der Waals surface area contributed by atoms with E-state index in [9.17, 15) is 19.2 Å². The van der Waals surface area contributed by atoms with Gasteiger partial charge in [-0.1, -0.05) is 27.0 Å². The van der Waals surface area contributed by atoms with Crippen molar-refractivity contribution in [1.29, 1.82) is 0 Å². The lowest BCUT2D eigenvalue weighted by Crippen LogP contribution is -2.23. The highest BCUT2D eigenvalue weighted by Crippen LogP contribution is 2.27. The van der Waals surface area contributed by atoms with Crippen LogP contribution in [0.25, 0.3) is 0 Å². The highest BCUT2D eigenvalue weighted by Gasteiger charge is 2.28. The van der Waals surface area contributed by atoms with Crippen LogP contribution in [0.3, 0.4) is 0 Å². The van der Waals surface area contributed by atoms with Gasteiger partial charge in [0.1, 0.15) is 6.61 Å². The van der Waals surface area contributed by atoms with E-state index in [2.05, 4.69) is 13.2 Å². The molecule has 2 aliphatic rings. The summed E-state index contributed by atoms with van der Waals surface area (Å²) in [6, 6.07) is 4.21. The molecule has 2 bridgehead atoms. The van der Waals surface area contributed by atoms with Gasteiger partial charge in [0.2, 0.25) is 0 Å². The number of carbonyl (C=O) groups is 4. The first-order chi connectivity index (χ1) is 15.3. The fourth-order valence-corrected chi connectivity index (χ4v) is 2.78. The van der Waals surface area contributed by atoms with Gasteiger partial charge in [0.15, 0.2) is 6.10 Å². The molecule has 0 N–H and O–H groups in total. The maximum Gasteiger partial charge on any atom is 0.338 e. The Kier molecular flexibility index (Phi) is 9.19. The summed E-state index contributed by atoms with van der Waals surface area (Å²) >= 11 is 0. The van der Waals surface area contributed by atoms with Gasteiger partial charge in [-0.3, -0.25) is 0 Å². The minimum Gasteiger partial charge on any atom is -0.462 e. The lowest BCUT2D eigenvalue weighted by Gasteiger charge is -2.22. The summed E-state index contributed by atoms with van der Waals surface area (Å²) in [5.74, 6) is -2.58. The zero-order chi connectivity index (χ0) is 23.7. The monoisotopic (exact) mass is 444 g/mol. The molecule has 1 atom stereocenters. The minimum absolute atomic E-state index is 0.0902. The van der Waals surface area contributed by atoms with Crippen molar-refractivity contribution in [2.24, 2.45) is 0 Å². The summed E-state index contributed by atoms with van der Waals surface area (Å²) < 4.78 is 21.3. The fourth-order valence-electron chi connectivity index (χ4n) is 2.78. The number of fused-ring (bicyclic) bond motifs is 9. The summed E-state index contributed by atoms with van der Waals surface area (Å²) in [5, 5.41) is 0. The van der Waals surface area contributed by atoms with Crippen molar-refractivity contribution < 1.29 is 38.1 Å². The molecule has 1 aromatic carbocycles. The average molecular weight is 444 g/mol. The highest BCUT2D eigenvalue weighted by molar-refractivity contribution is 5.95. The molecule has 1 aromatic rings. The molecular formula is C24H28O8. The lowest BCUT2D eigenvalue weighted by atomic mass is 9.99. The van der Waals surface area contributed by atoms with E-state index in [0.29, 0.717) is 25.7 Å². The molecule has 0 aliphatic carbocycles. The Morgan fingerprint density at radius 1 is 0.969 bits per heavy atom. The van der Waals surface area contributed by atoms with E-state index >= 15 is 0 Å². The third kappa shape index (κ3) is 6.54. The predicted octanol–water partition coefficient (Wildman–Crippen LogP) is 3.85. The predicted molar refractivity (Wildman–Crippen MR) is 115 cm³/mol. The third-order valence-electron chi connectivity index (χ3n) is 4.91. The molecular weight excluding hydrogens is 416 g/mol. The molecule has 2 heterocycles. The molecule has 0 amide bonds. The molecule has 172 valence electrons. The minimum atomic E-state index is -1.18. The van der Waals surface area contributed by atoms with Crippen molar-refractivity contribution in [2.75, 3.05) is 19.8 Å². The van der Waals surface area contributed by atoms with E-state index < -0.39 is 30.0 Å². The molecule has 1 unspecified atom stereocenters. The standard InChI is InChI=1S/C24H28O8/c1-5-15(3)21(25)31-14-20(32-22(26)16(4)6-2)19-13-17-9-10-18(19)24(28)30-12-8-7-11-29-23(17)27/h9-10,13,20H,3-8,11-12,14H2,1-2H3. The summed E-state index contributed by atoms with van der Waals surface area (Å²) in [7, 11) is 0. The van der Waals surface area contributed by atoms with E-state index in [-0.39, 0.29) is 47.7 Å². The van der Waals surface area contributed by atoms with Crippen LogP contribution in [0, 0.1) is 0 Å². The van der Waals surface area contributed by atoms with E-state index in [1.54, 1.807) is 13.8 Å². The number of hydrogen-bond donors (Lipinski definition) is 0. The fraction of sp³-hybridized carbons (Fsp3) is 0.417. The Balaban J connectivity index is 2.48. The zero-order valence-electron chi connectivity index (χ0n) is 18.4. The number of ether oxygens (including phenoxy) is 4. The van der Waals surface area contributed by atoms with Gasteiger partial charge >= 0.3 is 23.9 Å². The van der Waals surface area contributed by atoms with Crippen molar-refractivity contribution in [2.45, 2.75) is 45.6 Å². The van der Waals surface area contributed by atoms with Crippen molar-refractivity contribution in [1.82, 2.24) is 0 Å². The van der Waals surface area contributed by atoms with Gasteiger partial charge < -0.3 is 18.9 Å². The Morgan fingerprint density at radius 3 is 2.19 bits per heavy atom. The first-order valence-corrected chi connectivity index (χ1v) is 10.5. The van der Waals surface area contributed by atoms with E-state index in [1.165, 1.54) is 18.2 Å². The largest absolute Gasteiger partial charge is 0.462 e. The van der Waals surface area contributed by atoms with Crippen LogP contribution in [0.2, 0.25) is 0 Å².